The van der Waals surface area contributed by atoms with Gasteiger partial charge in [0.05, 0.1) is 11.9 Å². The van der Waals surface area contributed by atoms with E-state index >= 15 is 0 Å². The second-order valence-corrected chi connectivity index (χ2v) is 7.71. The van der Waals surface area contributed by atoms with Gasteiger partial charge < -0.3 is 25.2 Å². The van der Waals surface area contributed by atoms with Gasteiger partial charge in [-0.2, -0.15) is 0 Å². The number of amides is 2. The first kappa shape index (κ1) is 23.5. The molecule has 25 heavy (non-hydrogen) atoms. The molecule has 0 aliphatic carbocycles. The molecule has 0 aromatic rings. The fourth-order valence-electron chi connectivity index (χ4n) is 1.56. The molecule has 3 N–H and O–H groups in total. The molecule has 0 heterocycles. The molecular formula is C16H30N2O6S. The van der Waals surface area contributed by atoms with E-state index in [1.807, 2.05) is 13.8 Å². The number of rotatable bonds is 11. The van der Waals surface area contributed by atoms with Crippen molar-refractivity contribution in [2.24, 2.45) is 0 Å². The van der Waals surface area contributed by atoms with Crippen molar-refractivity contribution >= 4 is 29.7 Å². The molecule has 2 amide bonds. The first-order valence-corrected chi connectivity index (χ1v) is 9.35. The lowest BCUT2D eigenvalue weighted by molar-refractivity contribution is -0.138. The highest BCUT2D eigenvalue weighted by Gasteiger charge is 2.24. The van der Waals surface area contributed by atoms with Crippen LogP contribution in [-0.2, 0) is 19.1 Å². The third-order valence-corrected chi connectivity index (χ3v) is 3.64. The van der Waals surface area contributed by atoms with Gasteiger partial charge in [-0.3, -0.25) is 4.79 Å². The van der Waals surface area contributed by atoms with Gasteiger partial charge in [-0.1, -0.05) is 0 Å². The zero-order valence-corrected chi connectivity index (χ0v) is 16.4. The molecule has 0 saturated carbocycles. The van der Waals surface area contributed by atoms with Crippen molar-refractivity contribution in [2.45, 2.75) is 58.8 Å². The number of nitrogens with one attached hydrogen (secondary N) is 2. The average molecular weight is 378 g/mol. The molecular weight excluding hydrogens is 348 g/mol. The zero-order chi connectivity index (χ0) is 19.5. The minimum absolute atomic E-state index is 0.0679. The molecule has 0 spiro atoms. The fourth-order valence-corrected chi connectivity index (χ4v) is 2.43. The number of ether oxygens (including phenoxy) is 2. The van der Waals surface area contributed by atoms with Crippen LogP contribution in [0.3, 0.4) is 0 Å². The largest absolute Gasteiger partial charge is 0.480 e. The molecule has 1 unspecified atom stereocenters. The monoisotopic (exact) mass is 378 g/mol. The summed E-state index contributed by atoms with van der Waals surface area (Å²) in [6, 6.07) is -1.12. The van der Waals surface area contributed by atoms with E-state index in [9.17, 15) is 14.4 Å². The number of carbonyl (C=O) groups is 3. The smallest absolute Gasteiger partial charge is 0.408 e. The summed E-state index contributed by atoms with van der Waals surface area (Å²) >= 11 is 1.13. The van der Waals surface area contributed by atoms with Crippen molar-refractivity contribution in [1.82, 2.24) is 10.6 Å². The van der Waals surface area contributed by atoms with Crippen molar-refractivity contribution in [2.75, 3.05) is 24.7 Å². The SMILES string of the molecule is CC(C)OCCCNC(=O)CSCC(NC(=O)OC(C)(C)C)C(=O)O. The lowest BCUT2D eigenvalue weighted by Gasteiger charge is -2.21. The van der Waals surface area contributed by atoms with Crippen molar-refractivity contribution < 1.29 is 29.0 Å². The van der Waals surface area contributed by atoms with Crippen molar-refractivity contribution in [1.29, 1.82) is 0 Å². The molecule has 146 valence electrons. The first-order valence-electron chi connectivity index (χ1n) is 8.19. The first-order chi connectivity index (χ1) is 11.5. The Labute approximate surface area is 153 Å². The lowest BCUT2D eigenvalue weighted by Crippen LogP contribution is -2.45. The Kier molecular flexibility index (Phi) is 11.3. The Morgan fingerprint density at radius 1 is 1.20 bits per heavy atom. The van der Waals surface area contributed by atoms with Gasteiger partial charge in [-0.05, 0) is 41.0 Å². The Balaban J connectivity index is 4.01. The fraction of sp³-hybridized carbons (Fsp3) is 0.812. The molecule has 0 saturated heterocycles. The molecule has 0 rings (SSSR count). The van der Waals surface area contributed by atoms with E-state index in [1.165, 1.54) is 0 Å². The highest BCUT2D eigenvalue weighted by molar-refractivity contribution is 8.00. The number of hydrogen-bond donors (Lipinski definition) is 3. The van der Waals surface area contributed by atoms with E-state index in [0.717, 1.165) is 11.8 Å². The van der Waals surface area contributed by atoms with Crippen LogP contribution >= 0.6 is 11.8 Å². The maximum atomic E-state index is 11.7. The van der Waals surface area contributed by atoms with E-state index in [1.54, 1.807) is 20.8 Å². The topological polar surface area (TPSA) is 114 Å². The lowest BCUT2D eigenvalue weighted by atomic mass is 10.2. The van der Waals surface area contributed by atoms with E-state index < -0.39 is 23.7 Å². The maximum absolute atomic E-state index is 11.7. The number of thioether (sulfide) groups is 1. The summed E-state index contributed by atoms with van der Waals surface area (Å²) in [6.07, 6.45) is 0.0822. The van der Waals surface area contributed by atoms with E-state index in [2.05, 4.69) is 10.6 Å². The third-order valence-electron chi connectivity index (χ3n) is 2.60. The van der Waals surface area contributed by atoms with Crippen LogP contribution in [0.4, 0.5) is 4.79 Å². The van der Waals surface area contributed by atoms with Crippen molar-refractivity contribution in [3.05, 3.63) is 0 Å². The van der Waals surface area contributed by atoms with Gasteiger partial charge in [0.15, 0.2) is 0 Å². The van der Waals surface area contributed by atoms with Crippen LogP contribution in [-0.4, -0.2) is 65.5 Å². The van der Waals surface area contributed by atoms with E-state index in [4.69, 9.17) is 14.6 Å². The third kappa shape index (κ3) is 14.6. The predicted molar refractivity (Wildman–Crippen MR) is 96.8 cm³/mol. The summed E-state index contributed by atoms with van der Waals surface area (Å²) in [5, 5.41) is 14.2. The quantitative estimate of drug-likeness (QED) is 0.468. The molecule has 0 bridgehead atoms. The number of carbonyl (C=O) groups excluding carboxylic acids is 2. The number of carboxylic acid groups (broad SMARTS) is 1. The minimum atomic E-state index is -1.18. The molecule has 9 heteroatoms. The molecule has 0 aromatic carbocycles. The number of hydrogen-bond acceptors (Lipinski definition) is 6. The van der Waals surface area contributed by atoms with Gasteiger partial charge in [-0.15, -0.1) is 11.8 Å². The standard InChI is InChI=1S/C16H30N2O6S/c1-11(2)23-8-6-7-17-13(19)10-25-9-12(14(20)21)18-15(22)24-16(3,4)5/h11-12H,6-10H2,1-5H3,(H,17,19)(H,18,22)(H,20,21). The molecule has 8 nitrogen and oxygen atoms in total. The van der Waals surface area contributed by atoms with Crippen LogP contribution in [0, 0.1) is 0 Å². The molecule has 0 aliphatic heterocycles. The molecule has 0 radical (unpaired) electrons. The Morgan fingerprint density at radius 3 is 2.36 bits per heavy atom. The summed E-state index contributed by atoms with van der Waals surface area (Å²) in [5.74, 6) is -1.18. The highest BCUT2D eigenvalue weighted by Crippen LogP contribution is 2.08. The maximum Gasteiger partial charge on any atom is 0.408 e. The highest BCUT2D eigenvalue weighted by atomic mass is 32.2. The summed E-state index contributed by atoms with van der Waals surface area (Å²) in [7, 11) is 0. The molecule has 0 aromatic heterocycles. The van der Waals surface area contributed by atoms with Gasteiger partial charge in [-0.25, -0.2) is 9.59 Å². The van der Waals surface area contributed by atoms with Crippen LogP contribution in [0.1, 0.15) is 41.0 Å². The van der Waals surface area contributed by atoms with Crippen LogP contribution in [0.15, 0.2) is 0 Å². The average Bonchev–Trinajstić information content (AvgIpc) is 2.43. The van der Waals surface area contributed by atoms with E-state index in [-0.39, 0.29) is 23.5 Å². The van der Waals surface area contributed by atoms with Crippen LogP contribution in [0.2, 0.25) is 0 Å². The number of carboxylic acids is 1. The van der Waals surface area contributed by atoms with Crippen molar-refractivity contribution in [3.8, 4) is 0 Å². The normalized spacial score (nSPS) is 12.6. The van der Waals surface area contributed by atoms with Gasteiger partial charge in [0, 0.05) is 18.9 Å². The Morgan fingerprint density at radius 2 is 1.84 bits per heavy atom. The second-order valence-electron chi connectivity index (χ2n) is 6.68. The van der Waals surface area contributed by atoms with Crippen LogP contribution in [0.5, 0.6) is 0 Å². The summed E-state index contributed by atoms with van der Waals surface area (Å²) in [5.41, 5.74) is -0.709. The molecule has 0 fully saturated rings. The molecule has 0 aliphatic rings. The predicted octanol–water partition coefficient (Wildman–Crippen LogP) is 1.63. The van der Waals surface area contributed by atoms with Gasteiger partial charge in [0.25, 0.3) is 0 Å². The van der Waals surface area contributed by atoms with Crippen LogP contribution < -0.4 is 10.6 Å². The Bertz CT molecular complexity index is 437. The van der Waals surface area contributed by atoms with Crippen molar-refractivity contribution in [3.63, 3.8) is 0 Å². The number of aliphatic carboxylic acids is 1. The zero-order valence-electron chi connectivity index (χ0n) is 15.6. The van der Waals surface area contributed by atoms with Gasteiger partial charge in [0.2, 0.25) is 5.91 Å². The summed E-state index contributed by atoms with van der Waals surface area (Å²) in [4.78, 5) is 34.5. The van der Waals surface area contributed by atoms with Gasteiger partial charge >= 0.3 is 12.1 Å². The summed E-state index contributed by atoms with van der Waals surface area (Å²) < 4.78 is 10.4. The van der Waals surface area contributed by atoms with Crippen LogP contribution in [0.25, 0.3) is 0 Å². The van der Waals surface area contributed by atoms with Gasteiger partial charge in [0.1, 0.15) is 11.6 Å². The number of alkyl carbamates (subject to hydrolysis) is 1. The Hall–Kier alpha value is -1.48. The minimum Gasteiger partial charge on any atom is -0.480 e. The molecule has 1 atom stereocenters. The van der Waals surface area contributed by atoms with E-state index in [0.29, 0.717) is 19.6 Å². The summed E-state index contributed by atoms with van der Waals surface area (Å²) in [6.45, 7) is 10.0. The second kappa shape index (κ2) is 12.0.